The zero-order valence-corrected chi connectivity index (χ0v) is 27.6. The highest BCUT2D eigenvalue weighted by molar-refractivity contribution is 7.92. The van der Waals surface area contributed by atoms with E-state index in [4.69, 9.17) is 9.26 Å². The first-order valence-electron chi connectivity index (χ1n) is 15.6. The molecule has 1 aliphatic carbocycles. The molecule has 1 saturated heterocycles. The van der Waals surface area contributed by atoms with E-state index in [1.54, 1.807) is 0 Å². The van der Waals surface area contributed by atoms with Crippen LogP contribution in [0.15, 0.2) is 57.9 Å². The minimum absolute atomic E-state index is 0.0271. The second kappa shape index (κ2) is 13.3. The number of hydrogen-bond acceptors (Lipinski definition) is 7. The number of sulfone groups is 1. The van der Waals surface area contributed by atoms with Gasteiger partial charge in [-0.15, -0.1) is 0 Å². The minimum atomic E-state index is -6.04. The average molecular weight is 735 g/mol. The van der Waals surface area contributed by atoms with Gasteiger partial charge in [-0.1, -0.05) is 29.4 Å². The second-order valence-corrected chi connectivity index (χ2v) is 15.0. The van der Waals surface area contributed by atoms with E-state index < -0.39 is 80.8 Å². The molecular weight excluding hydrogens is 701 g/mol. The summed E-state index contributed by atoms with van der Waals surface area (Å²) in [6.07, 6.45) is -11.4. The molecule has 0 radical (unpaired) electrons. The normalized spacial score (nSPS) is 22.1. The number of amides is 1. The first-order valence-corrected chi connectivity index (χ1v) is 17.1. The number of carboxylic acids is 1. The van der Waals surface area contributed by atoms with Crippen molar-refractivity contribution in [1.29, 1.82) is 0 Å². The van der Waals surface area contributed by atoms with Crippen LogP contribution in [0.3, 0.4) is 0 Å². The molecule has 0 unspecified atom stereocenters. The molecule has 2 heterocycles. The van der Waals surface area contributed by atoms with E-state index in [-0.39, 0.29) is 66.1 Å². The predicted octanol–water partition coefficient (Wildman–Crippen LogP) is 6.76. The monoisotopic (exact) mass is 734 g/mol. The van der Waals surface area contributed by atoms with Crippen molar-refractivity contribution in [2.45, 2.75) is 80.2 Å². The lowest BCUT2D eigenvalue weighted by Crippen LogP contribution is -2.56. The predicted molar refractivity (Wildman–Crippen MR) is 161 cm³/mol. The maximum Gasteiger partial charge on any atom is 0.430 e. The van der Waals surface area contributed by atoms with Crippen LogP contribution in [0.4, 0.5) is 30.7 Å². The van der Waals surface area contributed by atoms with Crippen molar-refractivity contribution in [3.63, 3.8) is 0 Å². The summed E-state index contributed by atoms with van der Waals surface area (Å²) in [6, 6.07) is 6.44. The number of carboxylic acid groups (broad SMARTS) is 1. The van der Waals surface area contributed by atoms with Gasteiger partial charge in [0, 0.05) is 30.1 Å². The van der Waals surface area contributed by atoms with Crippen molar-refractivity contribution in [3.8, 4) is 0 Å². The second-order valence-electron chi connectivity index (χ2n) is 12.7. The lowest BCUT2D eigenvalue weighted by Gasteiger charge is -2.38. The average Bonchev–Trinajstić information content (AvgIpc) is 3.65. The van der Waals surface area contributed by atoms with Crippen LogP contribution in [-0.4, -0.2) is 60.9 Å². The number of carbonyl (C=O) groups excluding carboxylic acids is 1. The molecular formula is C33H33F7N2O7S. The van der Waals surface area contributed by atoms with Crippen LogP contribution in [-0.2, 0) is 41.1 Å². The van der Waals surface area contributed by atoms with Gasteiger partial charge in [0.05, 0.1) is 23.1 Å². The molecule has 0 bridgehead atoms. The van der Waals surface area contributed by atoms with Gasteiger partial charge >= 0.3 is 18.3 Å². The van der Waals surface area contributed by atoms with Crippen LogP contribution >= 0.6 is 0 Å². The third-order valence-corrected chi connectivity index (χ3v) is 12.3. The number of aryl methyl sites for hydroxylation is 2. The Balaban J connectivity index is 1.56. The molecule has 5 rings (SSSR count). The molecule has 1 aromatic heterocycles. The fourth-order valence-corrected chi connectivity index (χ4v) is 8.97. The summed E-state index contributed by atoms with van der Waals surface area (Å²) in [5, 5.41) is 12.9. The summed E-state index contributed by atoms with van der Waals surface area (Å²) in [5.41, 5.74) is -6.50. The molecule has 272 valence electrons. The summed E-state index contributed by atoms with van der Waals surface area (Å²) < 4.78 is 138. The maximum atomic E-state index is 14.6. The van der Waals surface area contributed by atoms with E-state index in [1.165, 1.54) is 18.7 Å². The van der Waals surface area contributed by atoms with Crippen molar-refractivity contribution >= 4 is 21.7 Å². The molecule has 1 atom stereocenters. The van der Waals surface area contributed by atoms with Gasteiger partial charge in [0.15, 0.2) is 9.84 Å². The number of rotatable bonds is 9. The zero-order chi connectivity index (χ0) is 36.9. The van der Waals surface area contributed by atoms with Crippen LogP contribution < -0.4 is 0 Å². The number of hydrogen-bond donors (Lipinski definition) is 1. The summed E-state index contributed by atoms with van der Waals surface area (Å²) in [6.45, 7) is 0.820. The SMILES string of the molecule is Cc1noc(C)c1COC(c1ccc([C@]2(S(=O)(=O)c3ccc(F)cc3)CCN(C(=O)C3CCC(C(=O)O)CC3)C2)cc1)(C(F)(F)F)C(F)(F)F. The molecule has 1 aliphatic heterocycles. The number of aromatic nitrogens is 1. The number of alkyl halides is 6. The molecule has 2 aromatic carbocycles. The molecule has 50 heavy (non-hydrogen) atoms. The number of likely N-dealkylation sites (tertiary alicyclic amines) is 1. The zero-order valence-electron chi connectivity index (χ0n) is 26.8. The van der Waals surface area contributed by atoms with Gasteiger partial charge in [-0.05, 0) is 75.8 Å². The summed E-state index contributed by atoms with van der Waals surface area (Å²) in [7, 11) is -4.57. The van der Waals surface area contributed by atoms with Gasteiger partial charge in [-0.25, -0.2) is 12.8 Å². The number of ether oxygens (including phenoxy) is 1. The standard InChI is InChI=1S/C33H33F7N2O7S/c1-19-27(20(2)49-41-19)17-48-31(32(35,36)37,33(38,39)40)24-9-7-23(8-10-24)30(50(46,47)26-13-11-25(34)12-14-26)15-16-42(18-30)28(43)21-3-5-22(6-4-21)29(44)45/h7-14,21-22H,3-6,15-18H2,1-2H3,(H,44,45)/t21?,22?,30-/m0/s1. The molecule has 1 saturated carbocycles. The molecule has 9 nitrogen and oxygen atoms in total. The first kappa shape index (κ1) is 37.3. The lowest BCUT2D eigenvalue weighted by atomic mass is 9.81. The van der Waals surface area contributed by atoms with Gasteiger partial charge < -0.3 is 19.3 Å². The third kappa shape index (κ3) is 6.37. The van der Waals surface area contributed by atoms with Crippen molar-refractivity contribution in [3.05, 3.63) is 82.5 Å². The number of halogens is 7. The molecule has 2 aliphatic rings. The van der Waals surface area contributed by atoms with Crippen molar-refractivity contribution < 1.29 is 63.1 Å². The highest BCUT2D eigenvalue weighted by Gasteiger charge is 2.73. The van der Waals surface area contributed by atoms with Crippen LogP contribution in [0.2, 0.25) is 0 Å². The number of nitrogens with zero attached hydrogens (tertiary/aromatic N) is 2. The quantitative estimate of drug-likeness (QED) is 0.189. The molecule has 17 heteroatoms. The third-order valence-electron chi connectivity index (χ3n) is 9.84. The van der Waals surface area contributed by atoms with Crippen LogP contribution in [0, 0.1) is 31.5 Å². The van der Waals surface area contributed by atoms with Crippen LogP contribution in [0.5, 0.6) is 0 Å². The van der Waals surface area contributed by atoms with Gasteiger partial charge in [-0.2, -0.15) is 26.3 Å². The van der Waals surface area contributed by atoms with Gasteiger partial charge in [-0.3, -0.25) is 9.59 Å². The largest absolute Gasteiger partial charge is 0.481 e. The molecule has 0 spiro atoms. The van der Waals surface area contributed by atoms with Crippen molar-refractivity contribution in [2.24, 2.45) is 11.8 Å². The Labute approximate surface area is 282 Å². The van der Waals surface area contributed by atoms with Gasteiger partial charge in [0.1, 0.15) is 16.3 Å². The van der Waals surface area contributed by atoms with Gasteiger partial charge in [0.25, 0.3) is 5.60 Å². The molecule has 1 N–H and O–H groups in total. The number of benzene rings is 2. The smallest absolute Gasteiger partial charge is 0.430 e. The Bertz CT molecular complexity index is 1800. The lowest BCUT2D eigenvalue weighted by molar-refractivity contribution is -0.392. The minimum Gasteiger partial charge on any atom is -0.481 e. The highest BCUT2D eigenvalue weighted by atomic mass is 32.2. The van der Waals surface area contributed by atoms with E-state index in [2.05, 4.69) is 5.16 Å². The van der Waals surface area contributed by atoms with E-state index >= 15 is 0 Å². The Hall–Kier alpha value is -3.99. The fraction of sp³-hybridized carbons (Fsp3) is 0.485. The Morgan fingerprint density at radius 1 is 0.940 bits per heavy atom. The first-order chi connectivity index (χ1) is 23.2. The van der Waals surface area contributed by atoms with E-state index in [9.17, 15) is 53.8 Å². The van der Waals surface area contributed by atoms with E-state index in [1.807, 2.05) is 0 Å². The highest BCUT2D eigenvalue weighted by Crippen LogP contribution is 2.54. The Morgan fingerprint density at radius 2 is 1.50 bits per heavy atom. The van der Waals surface area contributed by atoms with Crippen molar-refractivity contribution in [1.82, 2.24) is 10.1 Å². The number of carbonyl (C=O) groups is 2. The molecule has 1 amide bonds. The van der Waals surface area contributed by atoms with Crippen molar-refractivity contribution in [2.75, 3.05) is 13.1 Å². The fourth-order valence-electron chi connectivity index (χ4n) is 6.90. The van der Waals surface area contributed by atoms with E-state index in [0.29, 0.717) is 12.1 Å². The summed E-state index contributed by atoms with van der Waals surface area (Å²) in [4.78, 5) is 25.9. The Morgan fingerprint density at radius 3 is 2.00 bits per heavy atom. The number of aliphatic carboxylic acids is 1. The van der Waals surface area contributed by atoms with Crippen LogP contribution in [0.25, 0.3) is 0 Å². The molecule has 3 aromatic rings. The van der Waals surface area contributed by atoms with Gasteiger partial charge in [0.2, 0.25) is 5.91 Å². The van der Waals surface area contributed by atoms with Crippen LogP contribution in [0.1, 0.15) is 60.2 Å². The summed E-state index contributed by atoms with van der Waals surface area (Å²) >= 11 is 0. The molecule has 2 fully saturated rings. The Kier molecular flexibility index (Phi) is 9.90. The topological polar surface area (TPSA) is 127 Å². The maximum absolute atomic E-state index is 14.6. The van der Waals surface area contributed by atoms with E-state index in [0.717, 1.165) is 36.4 Å². The summed E-state index contributed by atoms with van der Waals surface area (Å²) in [5.74, 6) is -3.45.